The van der Waals surface area contributed by atoms with Crippen LogP contribution in [0, 0.1) is 0 Å². The van der Waals surface area contributed by atoms with E-state index < -0.39 is 20.0 Å². The molecule has 2 N–H and O–H groups in total. The van der Waals surface area contributed by atoms with E-state index >= 15 is 0 Å². The molecule has 0 bridgehead atoms. The lowest BCUT2D eigenvalue weighted by Crippen LogP contribution is -2.46. The Labute approximate surface area is 436 Å². The molecule has 1 amide bonds. The number of nitrogens with one attached hydrogen (secondary N) is 1. The van der Waals surface area contributed by atoms with E-state index in [9.17, 15) is 19.4 Å². The minimum Gasteiger partial charge on any atom is -0.756 e. The highest BCUT2D eigenvalue weighted by atomic mass is 31.2. The van der Waals surface area contributed by atoms with Gasteiger partial charge in [-0.05, 0) is 96.3 Å². The number of unbranched alkanes of at least 4 members (excludes halogenated alkanes) is 14. The van der Waals surface area contributed by atoms with Crippen molar-refractivity contribution in [3.63, 3.8) is 0 Å². The number of phosphoric acid groups is 1. The van der Waals surface area contributed by atoms with Crippen LogP contribution in [0.2, 0.25) is 0 Å². The molecule has 0 saturated carbocycles. The second-order valence-corrected chi connectivity index (χ2v) is 21.0. The summed E-state index contributed by atoms with van der Waals surface area (Å²) in [5, 5.41) is 13.8. The standard InChI is InChI=1S/C62H105N2O6P/c1-6-8-10-12-14-16-17-18-19-20-21-22-23-24-25-26-27-28-29-30-31-32-33-34-35-36-37-38-39-40-41-42-43-44-45-46-47-48-50-52-54-56-62(66)63-60(59-70-71(67,68)69-58-57-64(3,4)5)61(65)55-53-51-49-15-13-11-9-7-2/h8,10,14,16,18-19,21-22,24-25,27-28,30-31,33-34,36-37,39-40,42-43,60-61,65H,6-7,9,11-13,15,17,20,23,26,29,32,35,38,41,44-59H2,1-5H3,(H-,63,66,67,68)/b10-8-,16-14-,19-18-,22-21-,25-24-,28-27-,31-30-,34-33-,37-36-,40-39-,43-42-. The zero-order chi connectivity index (χ0) is 52.0. The van der Waals surface area contributed by atoms with Crippen molar-refractivity contribution in [2.75, 3.05) is 40.9 Å². The molecule has 71 heavy (non-hydrogen) atoms. The smallest absolute Gasteiger partial charge is 0.268 e. The molecule has 0 aliphatic heterocycles. The molecule has 3 atom stereocenters. The quantitative estimate of drug-likeness (QED) is 0.0272. The number of rotatable bonds is 49. The summed E-state index contributed by atoms with van der Waals surface area (Å²) in [7, 11) is 1.27. The maximum absolute atomic E-state index is 12.9. The highest BCUT2D eigenvalue weighted by Crippen LogP contribution is 2.38. The predicted molar refractivity (Wildman–Crippen MR) is 306 cm³/mol. The predicted octanol–water partition coefficient (Wildman–Crippen LogP) is 16.5. The molecule has 3 unspecified atom stereocenters. The average Bonchev–Trinajstić information content (AvgIpc) is 3.33. The van der Waals surface area contributed by atoms with Gasteiger partial charge in [0.05, 0.1) is 39.9 Å². The van der Waals surface area contributed by atoms with Crippen molar-refractivity contribution in [1.82, 2.24) is 5.32 Å². The number of aliphatic hydroxyl groups excluding tert-OH is 1. The van der Waals surface area contributed by atoms with Gasteiger partial charge in [0.1, 0.15) is 13.2 Å². The summed E-state index contributed by atoms with van der Waals surface area (Å²) in [4.78, 5) is 25.3. The van der Waals surface area contributed by atoms with Gasteiger partial charge in [0, 0.05) is 6.42 Å². The van der Waals surface area contributed by atoms with Crippen LogP contribution in [-0.2, 0) is 18.4 Å². The van der Waals surface area contributed by atoms with E-state index in [4.69, 9.17) is 9.05 Å². The van der Waals surface area contributed by atoms with E-state index in [1.165, 1.54) is 51.4 Å². The first-order chi connectivity index (χ1) is 34.5. The molecule has 0 aromatic carbocycles. The number of quaternary nitrogens is 1. The van der Waals surface area contributed by atoms with Crippen molar-refractivity contribution in [1.29, 1.82) is 0 Å². The maximum atomic E-state index is 12.9. The van der Waals surface area contributed by atoms with Crippen LogP contribution < -0.4 is 10.2 Å². The molecule has 0 saturated heterocycles. The normalized spacial score (nSPS) is 15.0. The van der Waals surface area contributed by atoms with Gasteiger partial charge in [0.2, 0.25) is 5.91 Å². The number of hydrogen-bond acceptors (Lipinski definition) is 6. The van der Waals surface area contributed by atoms with E-state index in [0.29, 0.717) is 23.9 Å². The van der Waals surface area contributed by atoms with E-state index in [1.54, 1.807) is 0 Å². The van der Waals surface area contributed by atoms with Gasteiger partial charge in [-0.25, -0.2) is 0 Å². The molecular formula is C62H105N2O6P. The first kappa shape index (κ1) is 67.6. The Morgan fingerprint density at radius 1 is 0.507 bits per heavy atom. The summed E-state index contributed by atoms with van der Waals surface area (Å²) in [6.07, 6.45) is 77.9. The van der Waals surface area contributed by atoms with Crippen molar-refractivity contribution >= 4 is 13.7 Å². The monoisotopic (exact) mass is 1000 g/mol. The second-order valence-electron chi connectivity index (χ2n) is 19.6. The van der Waals surface area contributed by atoms with E-state index in [1.807, 2.05) is 21.1 Å². The van der Waals surface area contributed by atoms with Gasteiger partial charge < -0.3 is 28.8 Å². The van der Waals surface area contributed by atoms with Crippen molar-refractivity contribution in [3.8, 4) is 0 Å². The van der Waals surface area contributed by atoms with Gasteiger partial charge in [-0.1, -0.05) is 231 Å². The molecule has 9 heteroatoms. The fourth-order valence-electron chi connectivity index (χ4n) is 7.28. The summed E-state index contributed by atoms with van der Waals surface area (Å²) >= 11 is 0. The Bertz CT molecular complexity index is 1610. The molecule has 0 radical (unpaired) electrons. The second kappa shape index (κ2) is 51.5. The largest absolute Gasteiger partial charge is 0.756 e. The zero-order valence-electron chi connectivity index (χ0n) is 45.9. The fourth-order valence-corrected chi connectivity index (χ4v) is 8.00. The van der Waals surface area contributed by atoms with Gasteiger partial charge in [-0.15, -0.1) is 0 Å². The molecule has 0 aromatic heterocycles. The molecule has 0 fully saturated rings. The number of nitrogens with zero attached hydrogens (tertiary/aromatic N) is 1. The molecule has 0 heterocycles. The van der Waals surface area contributed by atoms with Crippen LogP contribution in [0.3, 0.4) is 0 Å². The van der Waals surface area contributed by atoms with Gasteiger partial charge >= 0.3 is 0 Å². The van der Waals surface area contributed by atoms with E-state index in [0.717, 1.165) is 122 Å². The topological polar surface area (TPSA) is 108 Å². The molecular weight excluding hydrogens is 900 g/mol. The SMILES string of the molecule is CC/C=C\C/C=C\C/C=C\C/C=C\C/C=C\C/C=C\C/C=C\C/C=C\C/C=C\C/C=C\C/C=C\CCCCCCCCCC(=O)NC(COP(=O)([O-])OCC[N+](C)(C)C)C(O)CCCCCCCCCC. The molecule has 0 rings (SSSR count). The Hall–Kier alpha value is -3.36. The zero-order valence-corrected chi connectivity index (χ0v) is 46.8. The molecule has 0 aliphatic rings. The first-order valence-corrected chi connectivity index (χ1v) is 29.5. The highest BCUT2D eigenvalue weighted by Gasteiger charge is 2.24. The lowest BCUT2D eigenvalue weighted by atomic mass is 10.0. The van der Waals surface area contributed by atoms with Crippen LogP contribution in [0.25, 0.3) is 0 Å². The number of hydrogen-bond donors (Lipinski definition) is 2. The van der Waals surface area contributed by atoms with Crippen LogP contribution in [0.1, 0.15) is 200 Å². The van der Waals surface area contributed by atoms with Gasteiger partial charge in [0.25, 0.3) is 7.82 Å². The third-order valence-electron chi connectivity index (χ3n) is 11.7. The van der Waals surface area contributed by atoms with Crippen molar-refractivity contribution in [2.24, 2.45) is 0 Å². The number of carbonyl (C=O) groups excluding carboxylic acids is 1. The Morgan fingerprint density at radius 3 is 1.25 bits per heavy atom. The van der Waals surface area contributed by atoms with Gasteiger partial charge in [-0.2, -0.15) is 0 Å². The fraction of sp³-hybridized carbons (Fsp3) is 0.629. The lowest BCUT2D eigenvalue weighted by molar-refractivity contribution is -0.870. The van der Waals surface area contributed by atoms with Crippen LogP contribution in [-0.4, -0.2) is 68.5 Å². The summed E-state index contributed by atoms with van der Waals surface area (Å²) in [6.45, 7) is 4.53. The number of amides is 1. The number of carbonyl (C=O) groups is 1. The number of allylic oxidation sites excluding steroid dienone is 22. The summed E-state index contributed by atoms with van der Waals surface area (Å²) in [6, 6.07) is -0.813. The summed E-state index contributed by atoms with van der Waals surface area (Å²) in [5.74, 6) is -0.186. The minimum absolute atomic E-state index is 0.00288. The van der Waals surface area contributed by atoms with Crippen LogP contribution >= 0.6 is 7.82 Å². The summed E-state index contributed by atoms with van der Waals surface area (Å²) in [5.41, 5.74) is 0. The van der Waals surface area contributed by atoms with E-state index in [2.05, 4.69) is 153 Å². The van der Waals surface area contributed by atoms with Crippen molar-refractivity contribution in [2.45, 2.75) is 212 Å². The van der Waals surface area contributed by atoms with Crippen LogP contribution in [0.4, 0.5) is 0 Å². The van der Waals surface area contributed by atoms with Crippen LogP contribution in [0.15, 0.2) is 134 Å². The molecule has 0 spiro atoms. The lowest BCUT2D eigenvalue weighted by Gasteiger charge is -2.30. The number of phosphoric ester groups is 1. The van der Waals surface area contributed by atoms with Crippen molar-refractivity contribution in [3.05, 3.63) is 134 Å². The Balaban J connectivity index is 4.03. The van der Waals surface area contributed by atoms with Crippen LogP contribution in [0.5, 0.6) is 0 Å². The third-order valence-corrected chi connectivity index (χ3v) is 12.6. The number of aliphatic hydroxyl groups is 1. The average molecular weight is 1010 g/mol. The van der Waals surface area contributed by atoms with Gasteiger partial charge in [0.15, 0.2) is 0 Å². The third kappa shape index (κ3) is 54.3. The first-order valence-electron chi connectivity index (χ1n) is 28.0. The molecule has 8 nitrogen and oxygen atoms in total. The maximum Gasteiger partial charge on any atom is 0.268 e. The number of likely N-dealkylation sites (N-methyl/N-ethyl adjacent to an activating group) is 1. The minimum atomic E-state index is -4.57. The molecule has 0 aromatic rings. The highest BCUT2D eigenvalue weighted by molar-refractivity contribution is 7.45. The molecule has 404 valence electrons. The Kier molecular flexibility index (Phi) is 49.1. The van der Waals surface area contributed by atoms with Crippen molar-refractivity contribution < 1.29 is 32.9 Å². The van der Waals surface area contributed by atoms with Gasteiger partial charge in [-0.3, -0.25) is 9.36 Å². The summed E-state index contributed by atoms with van der Waals surface area (Å²) < 4.78 is 23.2. The van der Waals surface area contributed by atoms with E-state index in [-0.39, 0.29) is 19.1 Å². The molecule has 0 aliphatic carbocycles. The Morgan fingerprint density at radius 2 is 0.859 bits per heavy atom.